The number of hydrogen-bond donors (Lipinski definition) is 2. The number of benzene rings is 2. The van der Waals surface area contributed by atoms with Gasteiger partial charge < -0.3 is 15.0 Å². The zero-order chi connectivity index (χ0) is 20.3. The van der Waals surface area contributed by atoms with Crippen LogP contribution in [0, 0.1) is 0 Å². The predicted octanol–water partition coefficient (Wildman–Crippen LogP) is 3.72. The van der Waals surface area contributed by atoms with E-state index >= 15 is 0 Å². The van der Waals surface area contributed by atoms with Crippen LogP contribution in [-0.4, -0.2) is 23.0 Å². The molecule has 1 amide bonds. The number of ether oxygens (including phenoxy) is 1. The second-order valence-electron chi connectivity index (χ2n) is 5.75. The molecule has 0 bridgehead atoms. The number of rotatable bonds is 4. The van der Waals surface area contributed by atoms with Gasteiger partial charge in [0.05, 0.1) is 18.4 Å². The van der Waals surface area contributed by atoms with Crippen LogP contribution in [0.2, 0.25) is 0 Å². The van der Waals surface area contributed by atoms with Crippen molar-refractivity contribution < 1.29 is 22.7 Å². The highest BCUT2D eigenvalue weighted by Gasteiger charge is 2.30. The molecular formula is C19H14F3N3O3. The van der Waals surface area contributed by atoms with Crippen LogP contribution in [0.5, 0.6) is 5.75 Å². The number of nitrogens with one attached hydrogen (secondary N) is 2. The first-order chi connectivity index (χ1) is 13.3. The quantitative estimate of drug-likeness (QED) is 0.712. The van der Waals surface area contributed by atoms with Gasteiger partial charge in [0, 0.05) is 11.3 Å². The van der Waals surface area contributed by atoms with Crippen LogP contribution in [0.1, 0.15) is 16.1 Å². The Kier molecular flexibility index (Phi) is 5.16. The van der Waals surface area contributed by atoms with Crippen LogP contribution in [0.25, 0.3) is 11.3 Å². The van der Waals surface area contributed by atoms with Crippen LogP contribution in [0.15, 0.2) is 59.4 Å². The minimum Gasteiger partial charge on any atom is -0.497 e. The summed E-state index contributed by atoms with van der Waals surface area (Å²) in [5, 5.41) is 2.34. The second-order valence-corrected chi connectivity index (χ2v) is 5.75. The molecule has 0 spiro atoms. The molecule has 28 heavy (non-hydrogen) atoms. The fourth-order valence-corrected chi connectivity index (χ4v) is 2.46. The number of hydrogen-bond acceptors (Lipinski definition) is 4. The molecule has 0 atom stereocenters. The molecule has 2 aromatic carbocycles. The third-order valence-corrected chi connectivity index (χ3v) is 3.82. The number of methoxy groups -OCH3 is 1. The minimum atomic E-state index is -4.53. The minimum absolute atomic E-state index is 0.0523. The fraction of sp³-hybridized carbons (Fsp3) is 0.105. The van der Waals surface area contributed by atoms with Crippen LogP contribution in [0.3, 0.4) is 0 Å². The SMILES string of the molecule is COc1ccc(-c2cc(C(=O)Nc3cccc(C(F)(F)F)c3)[nH]c(=O)n2)cc1. The number of nitrogens with zero attached hydrogens (tertiary/aromatic N) is 1. The molecule has 0 aliphatic heterocycles. The molecule has 0 fully saturated rings. The van der Waals surface area contributed by atoms with Crippen LogP contribution >= 0.6 is 0 Å². The molecule has 1 heterocycles. The van der Waals surface area contributed by atoms with Crippen molar-refractivity contribution in [1.82, 2.24) is 9.97 Å². The number of H-pyrrole nitrogens is 1. The van der Waals surface area contributed by atoms with E-state index in [4.69, 9.17) is 4.74 Å². The molecule has 1 aromatic heterocycles. The summed E-state index contributed by atoms with van der Waals surface area (Å²) in [6, 6.07) is 12.2. The van der Waals surface area contributed by atoms with Gasteiger partial charge in [0.2, 0.25) is 0 Å². The van der Waals surface area contributed by atoms with Gasteiger partial charge in [-0.05, 0) is 48.5 Å². The van der Waals surface area contributed by atoms with Crippen molar-refractivity contribution in [1.29, 1.82) is 0 Å². The molecule has 0 radical (unpaired) electrons. The highest BCUT2D eigenvalue weighted by atomic mass is 19.4. The van der Waals surface area contributed by atoms with Gasteiger partial charge in [0.1, 0.15) is 11.4 Å². The molecule has 3 aromatic rings. The maximum Gasteiger partial charge on any atom is 0.416 e. The topological polar surface area (TPSA) is 84.1 Å². The van der Waals surface area contributed by atoms with E-state index < -0.39 is 23.3 Å². The number of aromatic nitrogens is 2. The monoisotopic (exact) mass is 389 g/mol. The fourth-order valence-electron chi connectivity index (χ4n) is 2.46. The molecule has 0 saturated carbocycles. The molecule has 0 unspecified atom stereocenters. The Morgan fingerprint density at radius 2 is 1.82 bits per heavy atom. The predicted molar refractivity (Wildman–Crippen MR) is 96.2 cm³/mol. The number of amides is 1. The lowest BCUT2D eigenvalue weighted by atomic mass is 10.1. The van der Waals surface area contributed by atoms with Crippen molar-refractivity contribution in [3.63, 3.8) is 0 Å². The van der Waals surface area contributed by atoms with E-state index in [1.165, 1.54) is 25.3 Å². The van der Waals surface area contributed by atoms with E-state index in [1.54, 1.807) is 24.3 Å². The van der Waals surface area contributed by atoms with Crippen molar-refractivity contribution in [3.8, 4) is 17.0 Å². The molecule has 0 saturated heterocycles. The van der Waals surface area contributed by atoms with Crippen LogP contribution in [-0.2, 0) is 6.18 Å². The Labute approximate surface area is 157 Å². The molecule has 6 nitrogen and oxygen atoms in total. The number of anilines is 1. The molecule has 9 heteroatoms. The third kappa shape index (κ3) is 4.37. The zero-order valence-corrected chi connectivity index (χ0v) is 14.5. The Balaban J connectivity index is 1.88. The zero-order valence-electron chi connectivity index (χ0n) is 14.5. The molecule has 0 aliphatic carbocycles. The number of aromatic amines is 1. The van der Waals surface area contributed by atoms with Gasteiger partial charge in [0.15, 0.2) is 0 Å². The largest absolute Gasteiger partial charge is 0.497 e. The Bertz CT molecular complexity index is 1060. The molecular weight excluding hydrogens is 375 g/mol. The Morgan fingerprint density at radius 1 is 1.11 bits per heavy atom. The van der Waals surface area contributed by atoms with Crippen molar-refractivity contribution in [2.24, 2.45) is 0 Å². The highest BCUT2D eigenvalue weighted by Crippen LogP contribution is 2.30. The smallest absolute Gasteiger partial charge is 0.416 e. The van der Waals surface area contributed by atoms with E-state index in [-0.39, 0.29) is 17.1 Å². The van der Waals surface area contributed by atoms with Gasteiger partial charge in [-0.25, -0.2) is 4.79 Å². The van der Waals surface area contributed by atoms with Crippen molar-refractivity contribution >= 4 is 11.6 Å². The van der Waals surface area contributed by atoms with Crippen LogP contribution < -0.4 is 15.7 Å². The molecule has 2 N–H and O–H groups in total. The van der Waals surface area contributed by atoms with E-state index in [2.05, 4.69) is 15.3 Å². The number of alkyl halides is 3. The summed E-state index contributed by atoms with van der Waals surface area (Å²) in [6.45, 7) is 0. The van der Waals surface area contributed by atoms with Gasteiger partial charge in [-0.1, -0.05) is 6.07 Å². The van der Waals surface area contributed by atoms with Crippen molar-refractivity contribution in [3.05, 3.63) is 76.3 Å². The average molecular weight is 389 g/mol. The van der Waals surface area contributed by atoms with Gasteiger partial charge in [-0.2, -0.15) is 18.2 Å². The standard InChI is InChI=1S/C19H14F3N3O3/c1-28-14-7-5-11(6-8-14)15-10-16(25-18(27)24-15)17(26)23-13-4-2-3-12(9-13)19(20,21)22/h2-10H,1H3,(H,23,26)(H,24,25,27). The average Bonchev–Trinajstić information content (AvgIpc) is 2.67. The van der Waals surface area contributed by atoms with Gasteiger partial charge >= 0.3 is 11.9 Å². The normalized spacial score (nSPS) is 11.1. The lowest BCUT2D eigenvalue weighted by Crippen LogP contribution is -2.21. The van der Waals surface area contributed by atoms with E-state index in [9.17, 15) is 22.8 Å². The van der Waals surface area contributed by atoms with Crippen LogP contribution in [0.4, 0.5) is 18.9 Å². The van der Waals surface area contributed by atoms with E-state index in [1.807, 2.05) is 0 Å². The maximum absolute atomic E-state index is 12.8. The Hall–Kier alpha value is -3.62. The molecule has 144 valence electrons. The van der Waals surface area contributed by atoms with E-state index in [0.29, 0.717) is 11.3 Å². The van der Waals surface area contributed by atoms with Crippen molar-refractivity contribution in [2.45, 2.75) is 6.18 Å². The first-order valence-electron chi connectivity index (χ1n) is 8.00. The molecule has 0 aliphatic rings. The van der Waals surface area contributed by atoms with Gasteiger partial charge in [-0.15, -0.1) is 0 Å². The lowest BCUT2D eigenvalue weighted by molar-refractivity contribution is -0.137. The highest BCUT2D eigenvalue weighted by molar-refractivity contribution is 6.03. The van der Waals surface area contributed by atoms with E-state index in [0.717, 1.165) is 12.1 Å². The number of carbonyl (C=O) groups is 1. The lowest BCUT2D eigenvalue weighted by Gasteiger charge is -2.10. The summed E-state index contributed by atoms with van der Waals surface area (Å²) >= 11 is 0. The van der Waals surface area contributed by atoms with Crippen molar-refractivity contribution in [2.75, 3.05) is 12.4 Å². The molecule has 3 rings (SSSR count). The second kappa shape index (κ2) is 7.55. The summed E-state index contributed by atoms with van der Waals surface area (Å²) < 4.78 is 43.5. The third-order valence-electron chi connectivity index (χ3n) is 3.82. The van der Waals surface area contributed by atoms with Gasteiger partial charge in [0.25, 0.3) is 5.91 Å². The summed E-state index contributed by atoms with van der Waals surface area (Å²) in [7, 11) is 1.51. The maximum atomic E-state index is 12.8. The first-order valence-corrected chi connectivity index (χ1v) is 8.00. The summed E-state index contributed by atoms with van der Waals surface area (Å²) in [4.78, 5) is 30.3. The summed E-state index contributed by atoms with van der Waals surface area (Å²) in [5.41, 5.74) is -1.04. The number of carbonyl (C=O) groups excluding carboxylic acids is 1. The summed E-state index contributed by atoms with van der Waals surface area (Å²) in [6.07, 6.45) is -4.53. The van der Waals surface area contributed by atoms with Gasteiger partial charge in [-0.3, -0.25) is 4.79 Å². The first kappa shape index (κ1) is 19.2. The Morgan fingerprint density at radius 3 is 2.46 bits per heavy atom. The number of halogens is 3. The summed E-state index contributed by atoms with van der Waals surface area (Å²) in [5.74, 6) is -0.162.